The Bertz CT molecular complexity index is 4210. The predicted octanol–water partition coefficient (Wildman–Crippen LogP) is 21.3. The molecule has 5 heteroatoms. The van der Waals surface area contributed by atoms with Crippen molar-refractivity contribution in [1.82, 2.24) is 0 Å². The van der Waals surface area contributed by atoms with Crippen molar-refractivity contribution < 1.29 is 4.42 Å². The predicted molar refractivity (Wildman–Crippen MR) is 362 cm³/mol. The van der Waals surface area contributed by atoms with Gasteiger partial charge in [0.05, 0.1) is 11.4 Å². The van der Waals surface area contributed by atoms with E-state index in [4.69, 9.17) is 4.42 Å². The van der Waals surface area contributed by atoms with E-state index in [1.165, 1.54) is 83.2 Å². The van der Waals surface area contributed by atoms with E-state index >= 15 is 0 Å². The summed E-state index contributed by atoms with van der Waals surface area (Å²) in [6.45, 7) is 39.5. The number of hydrogen-bond donors (Lipinski definition) is 0. The van der Waals surface area contributed by atoms with E-state index in [-0.39, 0.29) is 39.3 Å². The van der Waals surface area contributed by atoms with Gasteiger partial charge in [-0.25, -0.2) is 0 Å². The van der Waals surface area contributed by atoms with Gasteiger partial charge in [-0.2, -0.15) is 0 Å². The molecule has 2 aliphatic heterocycles. The SMILES string of the molecule is Cc1cc2c3c(c1)N(c1ccc(C(C)(C)C)cc1-c1ccccc1)c1ccc(N(c4cccc(C(C)(C)C)c4)c4cccc(C(C)(C)C)c4)cc1B3N(c1ccc(C(C)(C)C)cc1)c1c-2ccc2c1oc1cc3c(cc12)C(C)(C)CCC3(C)C. The van der Waals surface area contributed by atoms with Gasteiger partial charge < -0.3 is 19.0 Å². The maximum atomic E-state index is 7.57. The van der Waals surface area contributed by atoms with Gasteiger partial charge in [-0.15, -0.1) is 0 Å². The summed E-state index contributed by atoms with van der Waals surface area (Å²) in [5, 5.41) is 2.34. The zero-order valence-electron chi connectivity index (χ0n) is 53.0. The second-order valence-electron chi connectivity index (χ2n) is 30.3. The van der Waals surface area contributed by atoms with Crippen molar-refractivity contribution >= 4 is 85.2 Å². The number of aryl methyl sites for hydroxylation is 1. The third-order valence-electron chi connectivity index (χ3n) is 19.1. The number of anilines is 8. The molecule has 0 spiro atoms. The molecule has 3 aliphatic rings. The Kier molecular flexibility index (Phi) is 12.6. The standard InChI is InChI=1S/C79H84BN3O/c1-49-41-63-59-35-36-60-62-47-64-65(79(16,17)40-39-78(64,14)15)48-70(62)84-73(60)72(59)83(55-32-29-51(30-33-55)74(2,3)4)80-66-46-58(81(56-27-21-25-52(43-56)75(5,6)7)57-28-22-26-53(44-57)76(8,9)10)34-38-68(66)82(69(42-49)71(63)80)67-37-31-54(77(11,12)13)45-61(67)50-23-19-18-20-24-50/h18-38,41-48H,39-40H2,1-17H3. The summed E-state index contributed by atoms with van der Waals surface area (Å²) in [7, 11) is 0. The minimum absolute atomic E-state index is 0.0317. The second kappa shape index (κ2) is 19.1. The molecule has 0 amide bonds. The fourth-order valence-electron chi connectivity index (χ4n) is 14.0. The Balaban J connectivity index is 1.16. The molecule has 1 aliphatic carbocycles. The topological polar surface area (TPSA) is 22.9 Å². The first-order valence-electron chi connectivity index (χ1n) is 30.8. The lowest BCUT2D eigenvalue weighted by Gasteiger charge is -2.46. The van der Waals surface area contributed by atoms with Crippen LogP contribution in [-0.2, 0) is 32.5 Å². The molecular weight excluding hydrogens is 1020 g/mol. The largest absolute Gasteiger partial charge is 0.454 e. The highest BCUT2D eigenvalue weighted by atomic mass is 16.3. The fourth-order valence-corrected chi connectivity index (χ4v) is 14.0. The molecule has 0 atom stereocenters. The highest BCUT2D eigenvalue weighted by Gasteiger charge is 2.48. The van der Waals surface area contributed by atoms with Crippen LogP contribution in [0.15, 0.2) is 180 Å². The summed E-state index contributed by atoms with van der Waals surface area (Å²) in [5.41, 5.74) is 27.3. The van der Waals surface area contributed by atoms with Crippen LogP contribution in [0.25, 0.3) is 44.2 Å². The molecule has 0 saturated heterocycles. The summed E-state index contributed by atoms with van der Waals surface area (Å²) in [6, 6.07) is 68.2. The van der Waals surface area contributed by atoms with Crippen LogP contribution >= 0.6 is 0 Å². The summed E-state index contributed by atoms with van der Waals surface area (Å²) >= 11 is 0. The highest BCUT2D eigenvalue weighted by molar-refractivity contribution is 6.94. The van der Waals surface area contributed by atoms with Gasteiger partial charge in [0.1, 0.15) is 5.58 Å². The van der Waals surface area contributed by atoms with Crippen molar-refractivity contribution in [2.45, 2.75) is 163 Å². The lowest BCUT2D eigenvalue weighted by molar-refractivity contribution is 0.332. The average molecular weight is 1100 g/mol. The van der Waals surface area contributed by atoms with Crippen molar-refractivity contribution in [3.05, 3.63) is 215 Å². The summed E-state index contributed by atoms with van der Waals surface area (Å²) < 4.78 is 7.57. The first-order chi connectivity index (χ1) is 39.6. The molecule has 0 saturated carbocycles. The van der Waals surface area contributed by atoms with Gasteiger partial charge in [0.2, 0.25) is 0 Å². The number of furan rings is 1. The highest BCUT2D eigenvalue weighted by Crippen LogP contribution is 2.55. The van der Waals surface area contributed by atoms with Crippen LogP contribution in [-0.4, -0.2) is 6.85 Å². The summed E-state index contributed by atoms with van der Waals surface area (Å²) in [4.78, 5) is 7.79. The zero-order valence-corrected chi connectivity index (χ0v) is 53.0. The molecule has 424 valence electrons. The summed E-state index contributed by atoms with van der Waals surface area (Å²) in [5.74, 6) is 0. The Labute approximate surface area is 501 Å². The lowest BCUT2D eigenvalue weighted by Crippen LogP contribution is -2.61. The molecule has 0 fully saturated rings. The molecule has 84 heavy (non-hydrogen) atoms. The van der Waals surface area contributed by atoms with E-state index in [0.717, 1.165) is 69.2 Å². The third kappa shape index (κ3) is 9.18. The van der Waals surface area contributed by atoms with Gasteiger partial charge in [0.25, 0.3) is 0 Å². The third-order valence-corrected chi connectivity index (χ3v) is 19.1. The summed E-state index contributed by atoms with van der Waals surface area (Å²) in [6.07, 6.45) is 2.29. The molecule has 0 bridgehead atoms. The van der Waals surface area contributed by atoms with E-state index in [9.17, 15) is 0 Å². The van der Waals surface area contributed by atoms with Crippen molar-refractivity contribution in [1.29, 1.82) is 0 Å². The smallest absolute Gasteiger partial charge is 0.333 e. The molecule has 0 unspecified atom stereocenters. The quantitative estimate of drug-likeness (QED) is 0.155. The maximum Gasteiger partial charge on any atom is 0.333 e. The van der Waals surface area contributed by atoms with E-state index in [1.807, 2.05) is 0 Å². The van der Waals surface area contributed by atoms with Crippen LogP contribution in [0.5, 0.6) is 0 Å². The van der Waals surface area contributed by atoms with Gasteiger partial charge in [-0.1, -0.05) is 196 Å². The first-order valence-corrected chi connectivity index (χ1v) is 30.8. The van der Waals surface area contributed by atoms with E-state index in [0.29, 0.717) is 0 Å². The normalized spacial score (nSPS) is 15.5. The van der Waals surface area contributed by atoms with Gasteiger partial charge >= 0.3 is 6.85 Å². The maximum absolute atomic E-state index is 7.57. The Morgan fingerprint density at radius 1 is 0.452 bits per heavy atom. The molecule has 1 aromatic heterocycles. The molecule has 0 N–H and O–H groups in total. The molecule has 13 rings (SSSR count). The van der Waals surface area contributed by atoms with Crippen molar-refractivity contribution in [2.75, 3.05) is 14.6 Å². The van der Waals surface area contributed by atoms with E-state index in [2.05, 4.69) is 308 Å². The van der Waals surface area contributed by atoms with E-state index < -0.39 is 0 Å². The van der Waals surface area contributed by atoms with Crippen LogP contribution in [0.3, 0.4) is 0 Å². The van der Waals surface area contributed by atoms with Crippen LogP contribution in [0.2, 0.25) is 0 Å². The Morgan fingerprint density at radius 2 is 1.01 bits per heavy atom. The molecule has 10 aromatic rings. The number of fused-ring (bicyclic) bond motifs is 9. The fraction of sp³-hybridized carbons (Fsp3) is 0.316. The molecule has 3 heterocycles. The number of hydrogen-bond acceptors (Lipinski definition) is 4. The van der Waals surface area contributed by atoms with Crippen molar-refractivity contribution in [3.63, 3.8) is 0 Å². The van der Waals surface area contributed by atoms with Crippen molar-refractivity contribution in [2.24, 2.45) is 0 Å². The lowest BCUT2D eigenvalue weighted by atomic mass is 9.43. The van der Waals surface area contributed by atoms with Crippen LogP contribution in [0.4, 0.5) is 45.5 Å². The molecular formula is C79H84BN3O. The molecule has 9 aromatic carbocycles. The van der Waals surface area contributed by atoms with Crippen molar-refractivity contribution in [3.8, 4) is 22.3 Å². The first kappa shape index (κ1) is 55.4. The van der Waals surface area contributed by atoms with Gasteiger partial charge in [-0.3, -0.25) is 0 Å². The minimum Gasteiger partial charge on any atom is -0.454 e. The molecule has 0 radical (unpaired) electrons. The average Bonchev–Trinajstić information content (AvgIpc) is 1.08. The van der Waals surface area contributed by atoms with Gasteiger partial charge in [0, 0.05) is 56.0 Å². The minimum atomic E-state index is -0.280. The second-order valence-corrected chi connectivity index (χ2v) is 30.3. The number of rotatable bonds is 6. The Morgan fingerprint density at radius 3 is 1.62 bits per heavy atom. The molecule has 4 nitrogen and oxygen atoms in total. The number of nitrogens with zero attached hydrogens (tertiary/aromatic N) is 3. The van der Waals surface area contributed by atoms with Gasteiger partial charge in [-0.05, 0) is 204 Å². The zero-order chi connectivity index (χ0) is 59.4. The van der Waals surface area contributed by atoms with E-state index in [1.54, 1.807) is 0 Å². The Hall–Kier alpha value is -7.76. The monoisotopic (exact) mass is 1100 g/mol. The number of benzene rings is 9. The van der Waals surface area contributed by atoms with Gasteiger partial charge in [0.15, 0.2) is 5.58 Å². The van der Waals surface area contributed by atoms with Crippen LogP contribution in [0.1, 0.15) is 163 Å². The van der Waals surface area contributed by atoms with Crippen LogP contribution in [0, 0.1) is 6.92 Å². The van der Waals surface area contributed by atoms with Crippen LogP contribution < -0.4 is 25.5 Å².